The number of hydrogen-bond donors (Lipinski definition) is 1. The van der Waals surface area contributed by atoms with Gasteiger partial charge in [-0.05, 0) is 32.4 Å². The van der Waals surface area contributed by atoms with Gasteiger partial charge in [-0.25, -0.2) is 4.79 Å². The van der Waals surface area contributed by atoms with Crippen LogP contribution in [0, 0.1) is 0 Å². The molecule has 0 heterocycles. The molecule has 0 fully saturated rings. The molecule has 0 saturated heterocycles. The Morgan fingerprint density at radius 3 is 2.59 bits per heavy atom. The zero-order chi connectivity index (χ0) is 16.4. The van der Waals surface area contributed by atoms with Crippen LogP contribution in [0.1, 0.15) is 26.3 Å². The monoisotopic (exact) mass is 298 g/mol. The van der Waals surface area contributed by atoms with Crippen LogP contribution in [0.3, 0.4) is 0 Å². The maximum atomic E-state index is 11.3. The molecule has 0 aliphatic carbocycles. The third-order valence-corrected chi connectivity index (χ3v) is 2.81. The van der Waals surface area contributed by atoms with Crippen molar-refractivity contribution in [3.8, 4) is 5.75 Å². The molecular formula is C19H22O3. The number of benzene rings is 1. The molecule has 3 nitrogen and oxygen atoms in total. The lowest BCUT2D eigenvalue weighted by atomic mass is 10.1. The van der Waals surface area contributed by atoms with Crippen molar-refractivity contribution in [2.45, 2.75) is 20.8 Å². The van der Waals surface area contributed by atoms with Crippen LogP contribution < -0.4 is 0 Å². The summed E-state index contributed by atoms with van der Waals surface area (Å²) in [4.78, 5) is 11.3. The van der Waals surface area contributed by atoms with E-state index in [0.29, 0.717) is 6.61 Å². The highest BCUT2D eigenvalue weighted by Crippen LogP contribution is 2.17. The topological polar surface area (TPSA) is 46.5 Å². The van der Waals surface area contributed by atoms with Gasteiger partial charge in [-0.15, -0.1) is 0 Å². The number of ether oxygens (including phenoxy) is 1. The Hall–Kier alpha value is -2.55. The summed E-state index contributed by atoms with van der Waals surface area (Å²) < 4.78 is 4.84. The molecule has 0 aliphatic rings. The molecule has 0 unspecified atom stereocenters. The molecule has 0 bridgehead atoms. The fourth-order valence-electron chi connectivity index (χ4n) is 1.67. The van der Waals surface area contributed by atoms with E-state index in [2.05, 4.69) is 0 Å². The Balaban J connectivity index is 2.64. The number of aromatic hydroxyl groups is 1. The van der Waals surface area contributed by atoms with Crippen LogP contribution in [0.25, 0.3) is 6.08 Å². The first-order valence-electron chi connectivity index (χ1n) is 7.19. The molecule has 116 valence electrons. The summed E-state index contributed by atoms with van der Waals surface area (Å²) in [5.41, 5.74) is 2.63. The molecule has 22 heavy (non-hydrogen) atoms. The largest absolute Gasteiger partial charge is 0.507 e. The molecule has 0 aromatic heterocycles. The number of phenols is 1. The molecule has 0 spiro atoms. The molecule has 0 saturated carbocycles. The van der Waals surface area contributed by atoms with Crippen LogP contribution in [-0.2, 0) is 9.53 Å². The van der Waals surface area contributed by atoms with E-state index in [9.17, 15) is 9.90 Å². The van der Waals surface area contributed by atoms with Gasteiger partial charge in [0.1, 0.15) is 5.75 Å². The van der Waals surface area contributed by atoms with E-state index < -0.39 is 0 Å². The van der Waals surface area contributed by atoms with Gasteiger partial charge >= 0.3 is 5.97 Å². The second-order valence-electron chi connectivity index (χ2n) is 4.80. The Labute approximate surface area is 131 Å². The summed E-state index contributed by atoms with van der Waals surface area (Å²) in [6.45, 7) is 5.96. The van der Waals surface area contributed by atoms with Gasteiger partial charge in [0.15, 0.2) is 0 Å². The first kappa shape index (κ1) is 17.5. The molecule has 3 heteroatoms. The highest BCUT2D eigenvalue weighted by atomic mass is 16.5. The Kier molecular flexibility index (Phi) is 7.48. The summed E-state index contributed by atoms with van der Waals surface area (Å²) in [5, 5.41) is 9.66. The average Bonchev–Trinajstić information content (AvgIpc) is 2.46. The van der Waals surface area contributed by atoms with Crippen molar-refractivity contribution in [3.63, 3.8) is 0 Å². The molecule has 0 aliphatic heterocycles. The van der Waals surface area contributed by atoms with Crippen LogP contribution in [0.5, 0.6) is 5.75 Å². The van der Waals surface area contributed by atoms with Gasteiger partial charge < -0.3 is 9.84 Å². The van der Waals surface area contributed by atoms with Crippen molar-refractivity contribution >= 4 is 12.0 Å². The maximum Gasteiger partial charge on any atom is 0.330 e. The van der Waals surface area contributed by atoms with E-state index >= 15 is 0 Å². The minimum absolute atomic E-state index is 0.260. The van der Waals surface area contributed by atoms with Gasteiger partial charge in [0.25, 0.3) is 0 Å². The van der Waals surface area contributed by atoms with Crippen LogP contribution in [0.15, 0.2) is 65.8 Å². The second-order valence-corrected chi connectivity index (χ2v) is 4.80. The fourth-order valence-corrected chi connectivity index (χ4v) is 1.67. The smallest absolute Gasteiger partial charge is 0.330 e. The lowest BCUT2D eigenvalue weighted by Gasteiger charge is -1.97. The minimum Gasteiger partial charge on any atom is -0.507 e. The minimum atomic E-state index is -0.329. The zero-order valence-electron chi connectivity index (χ0n) is 13.2. The third kappa shape index (κ3) is 6.75. The summed E-state index contributed by atoms with van der Waals surface area (Å²) in [6.07, 6.45) is 10.9. The predicted molar refractivity (Wildman–Crippen MR) is 90.4 cm³/mol. The standard InChI is InChI=1S/C19H22O3/c1-4-22-19(21)14-16(3)9-7-8-15(2)12-13-17-10-5-6-11-18(17)20/h5-14,20H,4H2,1-3H3/b9-7+,13-12+,15-8+,16-14+. The highest BCUT2D eigenvalue weighted by Gasteiger charge is 1.95. The van der Waals surface area contributed by atoms with Gasteiger partial charge in [0.05, 0.1) is 6.61 Å². The van der Waals surface area contributed by atoms with Gasteiger partial charge in [0, 0.05) is 11.6 Å². The van der Waals surface area contributed by atoms with Crippen molar-refractivity contribution in [1.82, 2.24) is 0 Å². The number of hydrogen-bond acceptors (Lipinski definition) is 3. The van der Waals surface area contributed by atoms with Crippen molar-refractivity contribution in [2.24, 2.45) is 0 Å². The van der Waals surface area contributed by atoms with E-state index in [1.54, 1.807) is 19.1 Å². The van der Waals surface area contributed by atoms with Gasteiger partial charge in [0.2, 0.25) is 0 Å². The van der Waals surface area contributed by atoms with Gasteiger partial charge in [-0.1, -0.05) is 54.2 Å². The average molecular weight is 298 g/mol. The number of allylic oxidation sites excluding steroid dienone is 6. The van der Waals surface area contributed by atoms with Crippen molar-refractivity contribution < 1.29 is 14.6 Å². The first-order chi connectivity index (χ1) is 10.5. The van der Waals surface area contributed by atoms with E-state index in [-0.39, 0.29) is 11.7 Å². The lowest BCUT2D eigenvalue weighted by Crippen LogP contribution is -1.99. The van der Waals surface area contributed by atoms with Gasteiger partial charge in [-0.2, -0.15) is 0 Å². The van der Waals surface area contributed by atoms with Crippen molar-refractivity contribution in [1.29, 1.82) is 0 Å². The van der Waals surface area contributed by atoms with Crippen LogP contribution >= 0.6 is 0 Å². The molecule has 1 N–H and O–H groups in total. The van der Waals surface area contributed by atoms with Crippen LogP contribution in [0.2, 0.25) is 0 Å². The zero-order valence-corrected chi connectivity index (χ0v) is 13.2. The van der Waals surface area contributed by atoms with Crippen LogP contribution in [-0.4, -0.2) is 17.7 Å². The Morgan fingerprint density at radius 2 is 1.91 bits per heavy atom. The van der Waals surface area contributed by atoms with E-state index in [1.807, 2.05) is 56.4 Å². The molecular weight excluding hydrogens is 276 g/mol. The summed E-state index contributed by atoms with van der Waals surface area (Å²) in [7, 11) is 0. The van der Waals surface area contributed by atoms with Crippen molar-refractivity contribution in [2.75, 3.05) is 6.61 Å². The van der Waals surface area contributed by atoms with E-state index in [1.165, 1.54) is 6.08 Å². The number of para-hydroxylation sites is 1. The number of esters is 1. The fraction of sp³-hybridized carbons (Fsp3) is 0.211. The van der Waals surface area contributed by atoms with Gasteiger partial charge in [-0.3, -0.25) is 0 Å². The molecule has 0 amide bonds. The normalized spacial score (nSPS) is 13.0. The van der Waals surface area contributed by atoms with Crippen LogP contribution in [0.4, 0.5) is 0 Å². The predicted octanol–water partition coefficient (Wildman–Crippen LogP) is 4.42. The molecule has 1 rings (SSSR count). The molecule has 1 aromatic carbocycles. The SMILES string of the molecule is CCOC(=O)/C=C(C)/C=C/C=C(C)/C=C/c1ccccc1O. The Morgan fingerprint density at radius 1 is 1.18 bits per heavy atom. The number of carbonyl (C=O) groups excluding carboxylic acids is 1. The third-order valence-electron chi connectivity index (χ3n) is 2.81. The molecule has 1 aromatic rings. The summed E-state index contributed by atoms with van der Waals surface area (Å²) in [5.74, 6) is -0.0693. The molecule has 0 radical (unpaired) electrons. The maximum absolute atomic E-state index is 11.3. The lowest BCUT2D eigenvalue weighted by molar-refractivity contribution is -0.137. The number of carbonyl (C=O) groups is 1. The summed E-state index contributed by atoms with van der Waals surface area (Å²) in [6, 6.07) is 7.17. The highest BCUT2D eigenvalue weighted by molar-refractivity contribution is 5.83. The molecule has 0 atom stereocenters. The van der Waals surface area contributed by atoms with E-state index in [0.717, 1.165) is 16.7 Å². The van der Waals surface area contributed by atoms with E-state index in [4.69, 9.17) is 4.74 Å². The quantitative estimate of drug-likeness (QED) is 0.480. The number of rotatable bonds is 6. The summed E-state index contributed by atoms with van der Waals surface area (Å²) >= 11 is 0. The second kappa shape index (κ2) is 9.40. The Bertz CT molecular complexity index is 619. The first-order valence-corrected chi connectivity index (χ1v) is 7.19. The van der Waals surface area contributed by atoms with Crippen molar-refractivity contribution in [3.05, 3.63) is 71.4 Å². The number of phenolic OH excluding ortho intramolecular Hbond substituents is 1.